The molecular formula is C29H37N5O3S. The highest BCUT2D eigenvalue weighted by atomic mass is 32.2. The number of likely N-dealkylation sites (N-methyl/N-ethyl adjacent to an activating group) is 1. The molecule has 2 heterocycles. The minimum atomic E-state index is -0.160. The van der Waals surface area contributed by atoms with E-state index >= 15 is 0 Å². The molecule has 2 aliphatic rings. The molecule has 202 valence electrons. The highest BCUT2D eigenvalue weighted by Crippen LogP contribution is 2.44. The van der Waals surface area contributed by atoms with E-state index in [1.807, 2.05) is 31.3 Å². The van der Waals surface area contributed by atoms with Crippen molar-refractivity contribution in [2.75, 3.05) is 40.3 Å². The van der Waals surface area contributed by atoms with Crippen molar-refractivity contribution in [3.05, 3.63) is 53.6 Å². The van der Waals surface area contributed by atoms with Crippen LogP contribution in [0.15, 0.2) is 42.5 Å². The monoisotopic (exact) mass is 535 g/mol. The fraction of sp³-hybridized carbons (Fsp3) is 0.448. The maximum Gasteiger partial charge on any atom is 0.262 e. The molecule has 0 saturated heterocycles. The molecule has 2 aromatic carbocycles. The Labute approximate surface area is 228 Å². The predicted molar refractivity (Wildman–Crippen MR) is 153 cm³/mol. The van der Waals surface area contributed by atoms with E-state index < -0.39 is 0 Å². The number of nitrogens with one attached hydrogen (secondary N) is 3. The van der Waals surface area contributed by atoms with Crippen molar-refractivity contribution in [1.29, 1.82) is 0 Å². The summed E-state index contributed by atoms with van der Waals surface area (Å²) in [6, 6.07) is 14.0. The van der Waals surface area contributed by atoms with Crippen LogP contribution in [0.25, 0.3) is 22.2 Å². The summed E-state index contributed by atoms with van der Waals surface area (Å²) in [5.74, 6) is 1.02. The van der Waals surface area contributed by atoms with E-state index in [1.54, 1.807) is 7.11 Å². The minimum Gasteiger partial charge on any atom is -0.497 e. The maximum atomic E-state index is 13.3. The van der Waals surface area contributed by atoms with Gasteiger partial charge < -0.3 is 19.5 Å². The third kappa shape index (κ3) is 5.85. The standard InChI is InChI=1S/C29H37N5O3S/c1-33-16-14-30-26(35)19-34-25-18-22(29(36)32-38-31-15-17-33)10-13-24(25)27(20-6-4-3-5-7-20)28(34)21-8-11-23(37-2)12-9-21/h8-13,18,20,31H,3-7,14-17,19H2,1-2H3,(H,30,35)(H,32,36). The molecule has 1 aliphatic carbocycles. The normalized spacial score (nSPS) is 18.9. The first kappa shape index (κ1) is 26.6. The molecule has 5 rings (SSSR count). The lowest BCUT2D eigenvalue weighted by atomic mass is 9.81. The number of amides is 2. The predicted octanol–water partition coefficient (Wildman–Crippen LogP) is 4.31. The number of fused-ring (bicyclic) bond motifs is 1. The average molecular weight is 536 g/mol. The average Bonchev–Trinajstić information content (AvgIpc) is 3.25. The topological polar surface area (TPSA) is 87.6 Å². The molecule has 0 radical (unpaired) electrons. The molecule has 1 aromatic heterocycles. The second kappa shape index (κ2) is 12.2. The molecule has 0 atom stereocenters. The Hall–Kier alpha value is -3.01. The van der Waals surface area contributed by atoms with E-state index in [1.165, 1.54) is 37.0 Å². The Morgan fingerprint density at radius 3 is 2.45 bits per heavy atom. The molecule has 1 saturated carbocycles. The van der Waals surface area contributed by atoms with Crippen LogP contribution in [0.3, 0.4) is 0 Å². The van der Waals surface area contributed by atoms with Gasteiger partial charge in [0.05, 0.1) is 18.3 Å². The second-order valence-electron chi connectivity index (χ2n) is 10.2. The molecule has 1 aliphatic heterocycles. The Morgan fingerprint density at radius 1 is 0.947 bits per heavy atom. The van der Waals surface area contributed by atoms with Gasteiger partial charge in [-0.15, -0.1) is 0 Å². The van der Waals surface area contributed by atoms with Crippen LogP contribution in [0.2, 0.25) is 0 Å². The summed E-state index contributed by atoms with van der Waals surface area (Å²) in [5, 5.41) is 4.24. The number of hydrogen-bond donors (Lipinski definition) is 3. The first-order valence-corrected chi connectivity index (χ1v) is 14.3. The molecule has 3 aromatic rings. The van der Waals surface area contributed by atoms with E-state index in [0.717, 1.165) is 53.8 Å². The van der Waals surface area contributed by atoms with Gasteiger partial charge in [-0.2, -0.15) is 0 Å². The molecule has 0 unspecified atom stereocenters. The van der Waals surface area contributed by atoms with Crippen LogP contribution in [0, 0.1) is 0 Å². The zero-order chi connectivity index (χ0) is 26.5. The first-order valence-electron chi connectivity index (χ1n) is 13.5. The van der Waals surface area contributed by atoms with Gasteiger partial charge >= 0.3 is 0 Å². The second-order valence-corrected chi connectivity index (χ2v) is 10.9. The van der Waals surface area contributed by atoms with Crippen LogP contribution in [-0.4, -0.2) is 61.6 Å². The summed E-state index contributed by atoms with van der Waals surface area (Å²) in [4.78, 5) is 28.5. The van der Waals surface area contributed by atoms with E-state index in [4.69, 9.17) is 4.74 Å². The molecule has 2 bridgehead atoms. The number of benzene rings is 2. The smallest absolute Gasteiger partial charge is 0.262 e. The molecule has 0 spiro atoms. The van der Waals surface area contributed by atoms with Gasteiger partial charge in [0, 0.05) is 49.3 Å². The van der Waals surface area contributed by atoms with E-state index in [9.17, 15) is 9.59 Å². The number of carbonyl (C=O) groups is 2. The number of ether oxygens (including phenoxy) is 1. The molecule has 38 heavy (non-hydrogen) atoms. The van der Waals surface area contributed by atoms with Crippen molar-refractivity contribution < 1.29 is 14.3 Å². The Kier molecular flexibility index (Phi) is 8.56. The van der Waals surface area contributed by atoms with Gasteiger partial charge in [0.2, 0.25) is 5.91 Å². The number of hydrogen-bond acceptors (Lipinski definition) is 6. The van der Waals surface area contributed by atoms with E-state index in [0.29, 0.717) is 24.6 Å². The van der Waals surface area contributed by atoms with Gasteiger partial charge in [-0.1, -0.05) is 25.3 Å². The largest absolute Gasteiger partial charge is 0.497 e. The third-order valence-corrected chi connectivity index (χ3v) is 8.31. The van der Waals surface area contributed by atoms with Gasteiger partial charge in [-0.25, -0.2) is 4.72 Å². The number of carbonyl (C=O) groups excluding carboxylic acids is 2. The van der Waals surface area contributed by atoms with Crippen molar-refractivity contribution in [3.8, 4) is 17.0 Å². The summed E-state index contributed by atoms with van der Waals surface area (Å²) in [5.41, 5.74) is 4.90. The quantitative estimate of drug-likeness (QED) is 0.434. The van der Waals surface area contributed by atoms with Crippen LogP contribution >= 0.6 is 12.1 Å². The highest BCUT2D eigenvalue weighted by Gasteiger charge is 2.28. The third-order valence-electron chi connectivity index (χ3n) is 7.67. The molecule has 2 amide bonds. The highest BCUT2D eigenvalue weighted by molar-refractivity contribution is 7.96. The lowest BCUT2D eigenvalue weighted by Crippen LogP contribution is -2.37. The van der Waals surface area contributed by atoms with Crippen molar-refractivity contribution >= 4 is 34.9 Å². The molecule has 8 nitrogen and oxygen atoms in total. The van der Waals surface area contributed by atoms with Crippen molar-refractivity contribution in [2.45, 2.75) is 44.6 Å². The van der Waals surface area contributed by atoms with Gasteiger partial charge in [0.25, 0.3) is 5.91 Å². The van der Waals surface area contributed by atoms with E-state index in [-0.39, 0.29) is 18.4 Å². The summed E-state index contributed by atoms with van der Waals surface area (Å²) >= 11 is 1.21. The van der Waals surface area contributed by atoms with Gasteiger partial charge in [0.1, 0.15) is 12.3 Å². The number of aromatic nitrogens is 1. The maximum absolute atomic E-state index is 13.3. The van der Waals surface area contributed by atoms with Crippen molar-refractivity contribution in [2.24, 2.45) is 0 Å². The lowest BCUT2D eigenvalue weighted by Gasteiger charge is -2.24. The summed E-state index contributed by atoms with van der Waals surface area (Å²) < 4.78 is 13.6. The van der Waals surface area contributed by atoms with Crippen molar-refractivity contribution in [1.82, 2.24) is 24.2 Å². The Morgan fingerprint density at radius 2 is 1.68 bits per heavy atom. The Balaban J connectivity index is 1.67. The van der Waals surface area contributed by atoms with Gasteiger partial charge in [-0.05, 0) is 73.3 Å². The first-order chi connectivity index (χ1) is 18.5. The van der Waals surface area contributed by atoms with Crippen LogP contribution in [0.1, 0.15) is 53.9 Å². The molecule has 9 heteroatoms. The minimum absolute atomic E-state index is 0.0316. The van der Waals surface area contributed by atoms with Crippen molar-refractivity contribution in [3.63, 3.8) is 0 Å². The summed E-state index contributed by atoms with van der Waals surface area (Å²) in [6.45, 7) is 3.04. The van der Waals surface area contributed by atoms with Crippen LogP contribution in [0.5, 0.6) is 5.75 Å². The van der Waals surface area contributed by atoms with Crippen LogP contribution < -0.4 is 19.5 Å². The van der Waals surface area contributed by atoms with E-state index in [2.05, 4.69) is 42.4 Å². The molecular weight excluding hydrogens is 498 g/mol. The van der Waals surface area contributed by atoms with Gasteiger partial charge in [0.15, 0.2) is 0 Å². The fourth-order valence-corrected chi connectivity index (χ4v) is 6.15. The zero-order valence-corrected chi connectivity index (χ0v) is 23.0. The Bertz CT molecular complexity index is 1280. The fourth-order valence-electron chi connectivity index (χ4n) is 5.67. The summed E-state index contributed by atoms with van der Waals surface area (Å²) in [7, 11) is 3.69. The molecule has 1 fully saturated rings. The lowest BCUT2D eigenvalue weighted by molar-refractivity contribution is -0.121. The molecule has 3 N–H and O–H groups in total. The number of nitrogens with zero attached hydrogens (tertiary/aromatic N) is 2. The number of methoxy groups -OCH3 is 1. The van der Waals surface area contributed by atoms with Crippen LogP contribution in [0.4, 0.5) is 0 Å². The summed E-state index contributed by atoms with van der Waals surface area (Å²) in [6.07, 6.45) is 5.94. The van der Waals surface area contributed by atoms with Crippen LogP contribution in [-0.2, 0) is 11.3 Å². The number of rotatable bonds is 3. The SMILES string of the molecule is COc1ccc(-c2c(C3CCCCC3)c3ccc4cc3n2CC(=O)NCCN(C)CCNSNC4=O)cc1. The zero-order valence-electron chi connectivity index (χ0n) is 22.2. The van der Waals surface area contributed by atoms with Gasteiger partial charge in [-0.3, -0.25) is 14.3 Å².